The van der Waals surface area contributed by atoms with Gasteiger partial charge < -0.3 is 10.3 Å². The standard InChI is InChI=1S/C26H18FN7O/c1-15-24(32-33-34(15)20-9-11-21-17(13-20)3-2-12-28-21)26(35)29-19-8-10-22-23(14-19)31-25(30-22)16-4-6-18(27)7-5-16/h2-14H,1H3,(H,29,35)(H,30,31). The van der Waals surface area contributed by atoms with E-state index in [0.29, 0.717) is 17.2 Å². The molecule has 0 saturated carbocycles. The molecule has 6 rings (SSSR count). The molecule has 1 amide bonds. The van der Waals surface area contributed by atoms with Crippen LogP contribution in [0.3, 0.4) is 0 Å². The number of pyridine rings is 1. The Morgan fingerprint density at radius 2 is 1.83 bits per heavy atom. The summed E-state index contributed by atoms with van der Waals surface area (Å²) in [4.78, 5) is 25.1. The summed E-state index contributed by atoms with van der Waals surface area (Å²) in [5.41, 5.74) is 5.35. The van der Waals surface area contributed by atoms with Crippen molar-refractivity contribution in [3.63, 3.8) is 0 Å². The first-order valence-corrected chi connectivity index (χ1v) is 10.9. The smallest absolute Gasteiger partial charge is 0.278 e. The summed E-state index contributed by atoms with van der Waals surface area (Å²) in [5.74, 6) is -0.0543. The highest BCUT2D eigenvalue weighted by molar-refractivity contribution is 6.04. The predicted molar refractivity (Wildman–Crippen MR) is 131 cm³/mol. The fourth-order valence-electron chi connectivity index (χ4n) is 4.00. The highest BCUT2D eigenvalue weighted by atomic mass is 19.1. The Bertz CT molecular complexity index is 1720. The normalized spacial score (nSPS) is 11.3. The van der Waals surface area contributed by atoms with Crippen molar-refractivity contribution in [2.45, 2.75) is 6.92 Å². The fourth-order valence-corrected chi connectivity index (χ4v) is 4.00. The molecular weight excluding hydrogens is 445 g/mol. The maximum absolute atomic E-state index is 13.2. The van der Waals surface area contributed by atoms with Crippen molar-refractivity contribution in [3.8, 4) is 17.1 Å². The maximum atomic E-state index is 13.2. The number of hydrogen-bond acceptors (Lipinski definition) is 5. The summed E-state index contributed by atoms with van der Waals surface area (Å²) in [6.07, 6.45) is 1.75. The number of imidazole rings is 1. The second-order valence-corrected chi connectivity index (χ2v) is 8.09. The zero-order chi connectivity index (χ0) is 23.9. The van der Waals surface area contributed by atoms with E-state index in [-0.39, 0.29) is 17.4 Å². The summed E-state index contributed by atoms with van der Waals surface area (Å²) in [5, 5.41) is 12.2. The van der Waals surface area contributed by atoms with Gasteiger partial charge in [-0.2, -0.15) is 0 Å². The third-order valence-corrected chi connectivity index (χ3v) is 5.80. The van der Waals surface area contributed by atoms with E-state index < -0.39 is 0 Å². The van der Waals surface area contributed by atoms with E-state index in [0.717, 1.165) is 33.2 Å². The minimum Gasteiger partial charge on any atom is -0.338 e. The molecule has 170 valence electrons. The highest BCUT2D eigenvalue weighted by Gasteiger charge is 2.18. The van der Waals surface area contributed by atoms with Crippen LogP contribution < -0.4 is 5.32 Å². The van der Waals surface area contributed by atoms with Crippen molar-refractivity contribution in [2.75, 3.05) is 5.32 Å². The Hall–Kier alpha value is -4.92. The second kappa shape index (κ2) is 8.14. The minimum atomic E-state index is -0.367. The number of carbonyl (C=O) groups excluding carboxylic acids is 1. The van der Waals surface area contributed by atoms with Gasteiger partial charge in [0.05, 0.1) is 27.9 Å². The number of carbonyl (C=O) groups is 1. The van der Waals surface area contributed by atoms with Gasteiger partial charge in [0.25, 0.3) is 5.91 Å². The van der Waals surface area contributed by atoms with Crippen LogP contribution in [0.2, 0.25) is 0 Å². The maximum Gasteiger partial charge on any atom is 0.278 e. The number of H-pyrrole nitrogens is 1. The molecule has 0 unspecified atom stereocenters. The fraction of sp³-hybridized carbons (Fsp3) is 0.0385. The first-order valence-electron chi connectivity index (χ1n) is 10.9. The molecule has 35 heavy (non-hydrogen) atoms. The van der Waals surface area contributed by atoms with Crippen molar-refractivity contribution in [1.29, 1.82) is 0 Å². The zero-order valence-corrected chi connectivity index (χ0v) is 18.5. The van der Waals surface area contributed by atoms with Crippen molar-refractivity contribution < 1.29 is 9.18 Å². The number of aromatic nitrogens is 6. The van der Waals surface area contributed by atoms with Crippen LogP contribution in [0.15, 0.2) is 79.0 Å². The number of amides is 1. The lowest BCUT2D eigenvalue weighted by Crippen LogP contribution is -2.14. The molecule has 2 N–H and O–H groups in total. The first kappa shape index (κ1) is 20.7. The molecule has 3 aromatic heterocycles. The van der Waals surface area contributed by atoms with E-state index >= 15 is 0 Å². The summed E-state index contributed by atoms with van der Waals surface area (Å²) in [7, 11) is 0. The molecule has 0 saturated heterocycles. The van der Waals surface area contributed by atoms with Crippen LogP contribution in [0, 0.1) is 12.7 Å². The molecule has 0 bridgehead atoms. The van der Waals surface area contributed by atoms with Gasteiger partial charge in [0.15, 0.2) is 5.69 Å². The average molecular weight is 463 g/mol. The molecule has 0 radical (unpaired) electrons. The van der Waals surface area contributed by atoms with Gasteiger partial charge in [0.1, 0.15) is 11.6 Å². The lowest BCUT2D eigenvalue weighted by molar-refractivity contribution is 0.102. The Morgan fingerprint density at radius 3 is 2.69 bits per heavy atom. The predicted octanol–water partition coefficient (Wildman–Crippen LogP) is 5.06. The quantitative estimate of drug-likeness (QED) is 0.381. The lowest BCUT2D eigenvalue weighted by atomic mass is 10.2. The lowest BCUT2D eigenvalue weighted by Gasteiger charge is -2.06. The molecule has 0 aliphatic heterocycles. The van der Waals surface area contributed by atoms with E-state index in [1.165, 1.54) is 12.1 Å². The van der Waals surface area contributed by atoms with Gasteiger partial charge in [-0.25, -0.2) is 14.1 Å². The summed E-state index contributed by atoms with van der Waals surface area (Å²) < 4.78 is 14.9. The number of aromatic amines is 1. The van der Waals surface area contributed by atoms with Crippen LogP contribution in [0.1, 0.15) is 16.2 Å². The number of halogens is 1. The molecule has 3 heterocycles. The number of hydrogen-bond donors (Lipinski definition) is 2. The van der Waals surface area contributed by atoms with Crippen molar-refractivity contribution in [1.82, 2.24) is 29.9 Å². The molecule has 3 aromatic carbocycles. The summed E-state index contributed by atoms with van der Waals surface area (Å²) in [6, 6.07) is 21.1. The first-order chi connectivity index (χ1) is 17.0. The van der Waals surface area contributed by atoms with E-state index in [2.05, 4.69) is 30.6 Å². The second-order valence-electron chi connectivity index (χ2n) is 8.09. The van der Waals surface area contributed by atoms with E-state index in [4.69, 9.17) is 0 Å². The number of nitrogens with one attached hydrogen (secondary N) is 2. The van der Waals surface area contributed by atoms with Gasteiger partial charge >= 0.3 is 0 Å². The van der Waals surface area contributed by atoms with Crippen molar-refractivity contribution in [2.24, 2.45) is 0 Å². The highest BCUT2D eigenvalue weighted by Crippen LogP contribution is 2.24. The van der Waals surface area contributed by atoms with Crippen LogP contribution in [0.25, 0.3) is 39.0 Å². The van der Waals surface area contributed by atoms with Crippen LogP contribution in [-0.4, -0.2) is 35.9 Å². The van der Waals surface area contributed by atoms with Crippen molar-refractivity contribution >= 4 is 33.5 Å². The van der Waals surface area contributed by atoms with E-state index in [1.807, 2.05) is 30.3 Å². The largest absolute Gasteiger partial charge is 0.338 e. The zero-order valence-electron chi connectivity index (χ0n) is 18.5. The molecule has 8 nitrogen and oxygen atoms in total. The van der Waals surface area contributed by atoms with Gasteiger partial charge in [-0.1, -0.05) is 11.3 Å². The molecule has 0 fully saturated rings. The molecule has 0 aliphatic carbocycles. The third kappa shape index (κ3) is 3.78. The third-order valence-electron chi connectivity index (χ3n) is 5.80. The topological polar surface area (TPSA) is 101 Å². The van der Waals surface area contributed by atoms with Gasteiger partial charge in [-0.05, 0) is 73.7 Å². The van der Waals surface area contributed by atoms with E-state index in [9.17, 15) is 9.18 Å². The van der Waals surface area contributed by atoms with Crippen LogP contribution in [-0.2, 0) is 0 Å². The number of fused-ring (bicyclic) bond motifs is 2. The van der Waals surface area contributed by atoms with Gasteiger partial charge in [0, 0.05) is 22.8 Å². The molecular formula is C26H18FN7O. The van der Waals surface area contributed by atoms with Crippen molar-refractivity contribution in [3.05, 3.63) is 96.2 Å². The van der Waals surface area contributed by atoms with Gasteiger partial charge in [0.2, 0.25) is 0 Å². The van der Waals surface area contributed by atoms with Crippen LogP contribution >= 0.6 is 0 Å². The number of nitrogens with zero attached hydrogens (tertiary/aromatic N) is 5. The Morgan fingerprint density at radius 1 is 1.00 bits per heavy atom. The molecule has 0 aliphatic rings. The minimum absolute atomic E-state index is 0.230. The monoisotopic (exact) mass is 463 g/mol. The van der Waals surface area contributed by atoms with Crippen LogP contribution in [0.5, 0.6) is 0 Å². The molecule has 9 heteroatoms. The van der Waals surface area contributed by atoms with E-state index in [1.54, 1.807) is 48.1 Å². The Balaban J connectivity index is 1.26. The number of rotatable bonds is 4. The summed E-state index contributed by atoms with van der Waals surface area (Å²) in [6.45, 7) is 1.80. The van der Waals surface area contributed by atoms with Gasteiger partial charge in [-0.3, -0.25) is 9.78 Å². The van der Waals surface area contributed by atoms with Gasteiger partial charge in [-0.15, -0.1) is 5.10 Å². The van der Waals surface area contributed by atoms with Crippen LogP contribution in [0.4, 0.5) is 10.1 Å². The number of benzene rings is 3. The Labute approximate surface area is 198 Å². The SMILES string of the molecule is Cc1c(C(=O)Nc2ccc3nc(-c4ccc(F)cc4)[nH]c3c2)nnn1-c1ccc2ncccc2c1. The Kier molecular flexibility index (Phi) is 4.81. The average Bonchev–Trinajstić information content (AvgIpc) is 3.47. The molecule has 0 spiro atoms. The number of anilines is 1. The summed E-state index contributed by atoms with van der Waals surface area (Å²) >= 11 is 0. The molecule has 6 aromatic rings. The molecule has 0 atom stereocenters.